The van der Waals surface area contributed by atoms with E-state index in [-0.39, 0.29) is 11.3 Å². The summed E-state index contributed by atoms with van der Waals surface area (Å²) in [6, 6.07) is 3.45. The number of nitrogens with one attached hydrogen (secondary N) is 2. The second-order valence-corrected chi connectivity index (χ2v) is 4.55. The number of rotatable bonds is 3. The Kier molecular flexibility index (Phi) is 4.69. The van der Waals surface area contributed by atoms with Crippen LogP contribution in [0, 0.1) is 0 Å². The Hall–Kier alpha value is -1.80. The Balaban J connectivity index is 2.17. The summed E-state index contributed by atoms with van der Waals surface area (Å²) in [7, 11) is 1.40. The number of hydrogen-bond acceptors (Lipinski definition) is 4. The van der Waals surface area contributed by atoms with Crippen LogP contribution in [0.15, 0.2) is 18.2 Å². The number of ether oxygens (including phenoxy) is 1. The van der Waals surface area contributed by atoms with E-state index in [1.165, 1.54) is 19.2 Å². The monoisotopic (exact) mass is 303 g/mol. The summed E-state index contributed by atoms with van der Waals surface area (Å²) >= 11 is 0. The van der Waals surface area contributed by atoms with Gasteiger partial charge in [0.15, 0.2) is 0 Å². The van der Waals surface area contributed by atoms with Gasteiger partial charge in [-0.1, -0.05) is 0 Å². The Bertz CT molecular complexity index is 514. The number of anilines is 1. The molecule has 1 aromatic carbocycles. The maximum absolute atomic E-state index is 12.9. The average Bonchev–Trinajstić information content (AvgIpc) is 2.46. The van der Waals surface area contributed by atoms with Gasteiger partial charge in [-0.05, 0) is 18.2 Å². The molecule has 2 rings (SSSR count). The summed E-state index contributed by atoms with van der Waals surface area (Å²) in [6.45, 7) is 1.97. The molecule has 1 heterocycles. The van der Waals surface area contributed by atoms with Crippen molar-refractivity contribution in [1.82, 2.24) is 10.4 Å². The summed E-state index contributed by atoms with van der Waals surface area (Å²) < 4.78 is 43.9. The zero-order chi connectivity index (χ0) is 15.5. The molecule has 1 aliphatic rings. The zero-order valence-electron chi connectivity index (χ0n) is 11.5. The summed E-state index contributed by atoms with van der Waals surface area (Å²) in [5.41, 5.74) is 1.62. The van der Waals surface area contributed by atoms with Gasteiger partial charge in [0.25, 0.3) is 5.91 Å². The maximum Gasteiger partial charge on any atom is 0.418 e. The molecule has 0 unspecified atom stereocenters. The van der Waals surface area contributed by atoms with Crippen LogP contribution in [-0.4, -0.2) is 44.3 Å². The highest BCUT2D eigenvalue weighted by molar-refractivity contribution is 5.94. The molecular weight excluding hydrogens is 287 g/mol. The number of halogens is 3. The van der Waals surface area contributed by atoms with Crippen molar-refractivity contribution >= 4 is 11.6 Å². The third-order valence-corrected chi connectivity index (χ3v) is 3.13. The molecule has 0 aromatic heterocycles. The molecule has 1 aromatic rings. The van der Waals surface area contributed by atoms with E-state index in [1.54, 1.807) is 5.01 Å². The zero-order valence-corrected chi connectivity index (χ0v) is 11.5. The molecule has 0 radical (unpaired) electrons. The lowest BCUT2D eigenvalue weighted by Crippen LogP contribution is -2.48. The van der Waals surface area contributed by atoms with Crippen molar-refractivity contribution in [1.29, 1.82) is 0 Å². The smallest absolute Gasteiger partial charge is 0.388 e. The van der Waals surface area contributed by atoms with E-state index >= 15 is 0 Å². The van der Waals surface area contributed by atoms with E-state index in [4.69, 9.17) is 4.74 Å². The van der Waals surface area contributed by atoms with Crippen LogP contribution in [0.3, 0.4) is 0 Å². The van der Waals surface area contributed by atoms with Gasteiger partial charge in [-0.3, -0.25) is 10.2 Å². The lowest BCUT2D eigenvalue weighted by Gasteiger charge is -2.27. The summed E-state index contributed by atoms with van der Waals surface area (Å²) in [5.74, 6) is -0.565. The normalized spacial score (nSPS) is 16.6. The fourth-order valence-corrected chi connectivity index (χ4v) is 2.02. The van der Waals surface area contributed by atoms with Gasteiger partial charge in [0.05, 0.1) is 18.8 Å². The highest BCUT2D eigenvalue weighted by atomic mass is 19.4. The van der Waals surface area contributed by atoms with Crippen LogP contribution in [-0.2, 0) is 10.9 Å². The Labute approximate surface area is 120 Å². The number of hydrazine groups is 1. The van der Waals surface area contributed by atoms with Gasteiger partial charge in [-0.15, -0.1) is 0 Å². The van der Waals surface area contributed by atoms with Crippen molar-refractivity contribution in [2.45, 2.75) is 6.18 Å². The maximum atomic E-state index is 12.9. The third-order valence-electron chi connectivity index (χ3n) is 3.13. The van der Waals surface area contributed by atoms with Gasteiger partial charge in [0.1, 0.15) is 0 Å². The predicted molar refractivity (Wildman–Crippen MR) is 70.8 cm³/mol. The fourth-order valence-electron chi connectivity index (χ4n) is 2.02. The van der Waals surface area contributed by atoms with Crippen LogP contribution in [0.25, 0.3) is 0 Å². The van der Waals surface area contributed by atoms with E-state index in [1.807, 2.05) is 0 Å². The molecule has 8 heteroatoms. The van der Waals surface area contributed by atoms with Gasteiger partial charge >= 0.3 is 6.18 Å². The fraction of sp³-hybridized carbons (Fsp3) is 0.462. The van der Waals surface area contributed by atoms with E-state index < -0.39 is 17.6 Å². The first kappa shape index (κ1) is 15.6. The van der Waals surface area contributed by atoms with Crippen LogP contribution in [0.5, 0.6) is 0 Å². The molecule has 0 bridgehead atoms. The Morgan fingerprint density at radius 3 is 2.52 bits per heavy atom. The van der Waals surface area contributed by atoms with E-state index in [9.17, 15) is 18.0 Å². The number of amides is 1. The van der Waals surface area contributed by atoms with Gasteiger partial charge < -0.3 is 10.1 Å². The molecular formula is C13H16F3N3O2. The second-order valence-electron chi connectivity index (χ2n) is 4.55. The average molecular weight is 303 g/mol. The minimum atomic E-state index is -4.52. The lowest BCUT2D eigenvalue weighted by molar-refractivity contribution is -0.136. The number of alkyl halides is 3. The van der Waals surface area contributed by atoms with Crippen molar-refractivity contribution in [3.63, 3.8) is 0 Å². The third kappa shape index (κ3) is 3.85. The first-order chi connectivity index (χ1) is 9.91. The summed E-state index contributed by atoms with van der Waals surface area (Å²) in [4.78, 5) is 12.0. The Morgan fingerprint density at radius 1 is 1.29 bits per heavy atom. The highest BCUT2D eigenvalue weighted by Crippen LogP contribution is 2.35. The molecule has 2 N–H and O–H groups in total. The van der Waals surface area contributed by atoms with Gasteiger partial charge in [0.2, 0.25) is 0 Å². The van der Waals surface area contributed by atoms with Crippen LogP contribution >= 0.6 is 0 Å². The molecule has 1 aliphatic heterocycles. The minimum Gasteiger partial charge on any atom is -0.388 e. The number of carbonyl (C=O) groups excluding carboxylic acids is 1. The topological polar surface area (TPSA) is 53.6 Å². The lowest BCUT2D eigenvalue weighted by atomic mass is 10.1. The molecule has 1 fully saturated rings. The molecule has 1 saturated heterocycles. The van der Waals surface area contributed by atoms with Crippen molar-refractivity contribution < 1.29 is 22.7 Å². The number of benzene rings is 1. The molecule has 0 saturated carbocycles. The highest BCUT2D eigenvalue weighted by Gasteiger charge is 2.34. The van der Waals surface area contributed by atoms with Crippen LogP contribution in [0.1, 0.15) is 15.9 Å². The number of carbonyl (C=O) groups is 1. The minimum absolute atomic E-state index is 0.0344. The first-order valence-corrected chi connectivity index (χ1v) is 6.44. The van der Waals surface area contributed by atoms with E-state index in [0.717, 1.165) is 6.07 Å². The number of nitrogens with zero attached hydrogens (tertiary/aromatic N) is 1. The molecule has 5 nitrogen and oxygen atoms in total. The Morgan fingerprint density at radius 2 is 1.95 bits per heavy atom. The molecule has 1 amide bonds. The number of hydrogen-bond donors (Lipinski definition) is 2. The van der Waals surface area contributed by atoms with Crippen molar-refractivity contribution in [3.05, 3.63) is 29.3 Å². The van der Waals surface area contributed by atoms with Crippen molar-refractivity contribution in [3.8, 4) is 0 Å². The van der Waals surface area contributed by atoms with Crippen LogP contribution in [0.4, 0.5) is 18.9 Å². The largest absolute Gasteiger partial charge is 0.418 e. The number of morpholine rings is 1. The molecule has 0 aliphatic carbocycles. The summed E-state index contributed by atoms with van der Waals surface area (Å²) in [5, 5.41) is 4.10. The van der Waals surface area contributed by atoms with Gasteiger partial charge in [-0.2, -0.15) is 13.2 Å². The van der Waals surface area contributed by atoms with Crippen LogP contribution in [0.2, 0.25) is 0 Å². The van der Waals surface area contributed by atoms with Crippen molar-refractivity contribution in [2.24, 2.45) is 0 Å². The quantitative estimate of drug-likeness (QED) is 0.893. The van der Waals surface area contributed by atoms with Gasteiger partial charge in [0, 0.05) is 31.4 Å². The second kappa shape index (κ2) is 6.31. The molecule has 116 valence electrons. The molecule has 21 heavy (non-hydrogen) atoms. The standard InChI is InChI=1S/C13H16F3N3O2/c1-17-11-3-2-9(8-10(11)13(14,15)16)12(20)18-19-4-6-21-7-5-19/h2-3,8,17H,4-7H2,1H3,(H,18,20). The molecule has 0 spiro atoms. The molecule has 0 atom stereocenters. The van der Waals surface area contributed by atoms with E-state index in [2.05, 4.69) is 10.7 Å². The SMILES string of the molecule is CNc1ccc(C(=O)NN2CCOCC2)cc1C(F)(F)F. The van der Waals surface area contributed by atoms with E-state index in [0.29, 0.717) is 26.3 Å². The van der Waals surface area contributed by atoms with Crippen LogP contribution < -0.4 is 10.7 Å². The first-order valence-electron chi connectivity index (χ1n) is 6.44. The predicted octanol–water partition coefficient (Wildman–Crippen LogP) is 1.72. The van der Waals surface area contributed by atoms with Crippen molar-refractivity contribution in [2.75, 3.05) is 38.7 Å². The summed E-state index contributed by atoms with van der Waals surface area (Å²) in [6.07, 6.45) is -4.52. The van der Waals surface area contributed by atoms with Gasteiger partial charge in [-0.25, -0.2) is 5.01 Å².